The fourth-order valence-corrected chi connectivity index (χ4v) is 4.40. The minimum absolute atomic E-state index is 0.0191. The molecule has 35 heavy (non-hydrogen) atoms. The molecule has 3 rings (SSSR count). The summed E-state index contributed by atoms with van der Waals surface area (Å²) in [7, 11) is 0. The van der Waals surface area contributed by atoms with E-state index in [-0.39, 0.29) is 22.6 Å². The van der Waals surface area contributed by atoms with Crippen LogP contribution in [0.4, 0.5) is 18.9 Å². The van der Waals surface area contributed by atoms with Crippen molar-refractivity contribution >= 4 is 29.1 Å². The molecule has 1 unspecified atom stereocenters. The maximum Gasteiger partial charge on any atom is 0.446 e. The number of nitrogens with zero attached hydrogens (tertiary/aromatic N) is 1. The number of hydrogen-bond donors (Lipinski definition) is 1. The van der Waals surface area contributed by atoms with E-state index in [0.717, 1.165) is 17.7 Å². The van der Waals surface area contributed by atoms with Gasteiger partial charge in [0.25, 0.3) is 0 Å². The highest BCUT2D eigenvalue weighted by Gasteiger charge is 2.29. The van der Waals surface area contributed by atoms with E-state index in [0.29, 0.717) is 35.2 Å². The number of halogens is 4. The number of ether oxygens (including phenoxy) is 1. The topological polar surface area (TPSA) is 32.7 Å². The third-order valence-corrected chi connectivity index (χ3v) is 6.59. The number of rotatable bonds is 10. The molecule has 0 aromatic heterocycles. The maximum absolute atomic E-state index is 12.9. The summed E-state index contributed by atoms with van der Waals surface area (Å²) in [5, 5.41) is 11.3. The number of benzene rings is 3. The molecular weight excluding hydrogens is 495 g/mol. The highest BCUT2D eigenvalue weighted by atomic mass is 35.5. The van der Waals surface area contributed by atoms with Crippen molar-refractivity contribution < 1.29 is 23.0 Å². The summed E-state index contributed by atoms with van der Waals surface area (Å²) in [5.41, 5.74) is -1.86. The zero-order valence-corrected chi connectivity index (χ0v) is 21.4. The summed E-state index contributed by atoms with van der Waals surface area (Å²) in [6, 6.07) is 19.3. The minimum Gasteiger partial charge on any atom is -0.457 e. The van der Waals surface area contributed by atoms with Crippen LogP contribution >= 0.6 is 23.4 Å². The van der Waals surface area contributed by atoms with Crippen LogP contribution in [0, 0.1) is 5.92 Å². The Hall–Kier alpha value is -2.35. The lowest BCUT2D eigenvalue weighted by Gasteiger charge is -2.29. The number of alkyl halides is 3. The zero-order valence-electron chi connectivity index (χ0n) is 19.8. The highest BCUT2D eigenvalue weighted by Crippen LogP contribution is 2.37. The van der Waals surface area contributed by atoms with Crippen molar-refractivity contribution in [2.24, 2.45) is 5.92 Å². The van der Waals surface area contributed by atoms with E-state index in [1.165, 1.54) is 12.1 Å². The van der Waals surface area contributed by atoms with Crippen LogP contribution in [0.1, 0.15) is 31.9 Å². The summed E-state index contributed by atoms with van der Waals surface area (Å²) in [4.78, 5) is 2.08. The molecule has 0 fully saturated rings. The molecule has 1 atom stereocenters. The second kappa shape index (κ2) is 12.1. The predicted molar refractivity (Wildman–Crippen MR) is 138 cm³/mol. The van der Waals surface area contributed by atoms with Gasteiger partial charge in [0.15, 0.2) is 0 Å². The van der Waals surface area contributed by atoms with Gasteiger partial charge in [-0.25, -0.2) is 0 Å². The van der Waals surface area contributed by atoms with Gasteiger partial charge in [0.1, 0.15) is 11.5 Å². The average Bonchev–Trinajstić information content (AvgIpc) is 2.79. The first-order valence-corrected chi connectivity index (χ1v) is 12.6. The third-order valence-electron chi connectivity index (χ3n) is 5.50. The normalized spacial score (nSPS) is 12.6. The SMILES string of the molecule is CCc1cc(Oc2cccc(N(Cc3cccc(SC(F)(F)F)c3)CC(O)C(C)C)c2)ccc1Cl. The first kappa shape index (κ1) is 27.2. The fourth-order valence-electron chi connectivity index (χ4n) is 3.52. The summed E-state index contributed by atoms with van der Waals surface area (Å²) in [6.45, 7) is 6.52. The summed E-state index contributed by atoms with van der Waals surface area (Å²) < 4.78 is 44.6. The molecule has 3 nitrogen and oxygen atoms in total. The lowest BCUT2D eigenvalue weighted by Crippen LogP contribution is -2.34. The molecule has 0 saturated carbocycles. The Morgan fingerprint density at radius 2 is 1.71 bits per heavy atom. The van der Waals surface area contributed by atoms with E-state index in [1.54, 1.807) is 24.3 Å². The molecule has 0 heterocycles. The van der Waals surface area contributed by atoms with E-state index >= 15 is 0 Å². The van der Waals surface area contributed by atoms with Gasteiger partial charge >= 0.3 is 5.51 Å². The highest BCUT2D eigenvalue weighted by molar-refractivity contribution is 8.00. The lowest BCUT2D eigenvalue weighted by atomic mass is 10.1. The van der Waals surface area contributed by atoms with Crippen LogP contribution < -0.4 is 9.64 Å². The molecule has 0 bridgehead atoms. The molecule has 0 aliphatic heterocycles. The Morgan fingerprint density at radius 3 is 2.40 bits per heavy atom. The second-order valence-electron chi connectivity index (χ2n) is 8.59. The van der Waals surface area contributed by atoms with E-state index in [4.69, 9.17) is 16.3 Å². The number of aliphatic hydroxyl groups excluding tert-OH is 1. The zero-order chi connectivity index (χ0) is 25.6. The lowest BCUT2D eigenvalue weighted by molar-refractivity contribution is -0.0328. The van der Waals surface area contributed by atoms with Crippen LogP contribution in [0.5, 0.6) is 11.5 Å². The molecule has 0 amide bonds. The standard InChI is InChI=1S/C27H29ClF3NO2S/c1-4-20-14-23(11-12-25(20)28)34-22-9-6-8-21(15-22)32(17-26(33)18(2)3)16-19-7-5-10-24(13-19)35-27(29,30)31/h5-15,18,26,33H,4,16-17H2,1-3H3. The number of aliphatic hydroxyl groups is 1. The second-order valence-corrected chi connectivity index (χ2v) is 10.1. The van der Waals surface area contributed by atoms with Crippen molar-refractivity contribution in [3.63, 3.8) is 0 Å². The van der Waals surface area contributed by atoms with Crippen molar-refractivity contribution in [2.45, 2.75) is 50.2 Å². The van der Waals surface area contributed by atoms with Gasteiger partial charge in [-0.2, -0.15) is 13.2 Å². The Bertz CT molecular complexity index is 1120. The Morgan fingerprint density at radius 1 is 1.00 bits per heavy atom. The van der Waals surface area contributed by atoms with Crippen LogP contribution in [0.2, 0.25) is 5.02 Å². The molecule has 0 radical (unpaired) electrons. The van der Waals surface area contributed by atoms with Crippen molar-refractivity contribution in [3.8, 4) is 11.5 Å². The van der Waals surface area contributed by atoms with E-state index in [9.17, 15) is 18.3 Å². The minimum atomic E-state index is -4.35. The van der Waals surface area contributed by atoms with Crippen LogP contribution in [-0.2, 0) is 13.0 Å². The monoisotopic (exact) mass is 523 g/mol. The molecular formula is C27H29ClF3NO2S. The predicted octanol–water partition coefficient (Wildman–Crippen LogP) is 8.33. The number of aryl methyl sites for hydroxylation is 1. The smallest absolute Gasteiger partial charge is 0.446 e. The van der Waals surface area contributed by atoms with Gasteiger partial charge < -0.3 is 14.7 Å². The first-order valence-electron chi connectivity index (χ1n) is 11.4. The van der Waals surface area contributed by atoms with Crippen LogP contribution in [-0.4, -0.2) is 23.3 Å². The van der Waals surface area contributed by atoms with Crippen LogP contribution in [0.3, 0.4) is 0 Å². The number of hydrogen-bond acceptors (Lipinski definition) is 4. The Labute approximate surface area is 213 Å². The number of thioether (sulfide) groups is 1. The molecule has 1 N–H and O–H groups in total. The van der Waals surface area contributed by atoms with E-state index in [2.05, 4.69) is 0 Å². The van der Waals surface area contributed by atoms with Gasteiger partial charge in [0.05, 0.1) is 6.10 Å². The Balaban J connectivity index is 1.87. The Kier molecular flexibility index (Phi) is 9.39. The summed E-state index contributed by atoms with van der Waals surface area (Å²) in [5.74, 6) is 1.29. The van der Waals surface area contributed by atoms with Gasteiger partial charge in [-0.3, -0.25) is 0 Å². The van der Waals surface area contributed by atoms with E-state index in [1.807, 2.05) is 56.0 Å². The van der Waals surface area contributed by atoms with Gasteiger partial charge in [0.2, 0.25) is 0 Å². The molecule has 188 valence electrons. The van der Waals surface area contributed by atoms with Crippen LogP contribution in [0.25, 0.3) is 0 Å². The fraction of sp³-hybridized carbons (Fsp3) is 0.333. The van der Waals surface area contributed by atoms with E-state index < -0.39 is 11.6 Å². The molecule has 0 aliphatic rings. The van der Waals surface area contributed by atoms with Gasteiger partial charge in [-0.15, -0.1) is 0 Å². The molecule has 0 saturated heterocycles. The molecule has 3 aromatic carbocycles. The van der Waals surface area contributed by atoms with Gasteiger partial charge in [-0.1, -0.05) is 50.6 Å². The summed E-state index contributed by atoms with van der Waals surface area (Å²) in [6.07, 6.45) is 0.165. The van der Waals surface area contributed by atoms with Crippen molar-refractivity contribution in [2.75, 3.05) is 11.4 Å². The van der Waals surface area contributed by atoms with Crippen LogP contribution in [0.15, 0.2) is 71.6 Å². The molecule has 0 spiro atoms. The summed E-state index contributed by atoms with van der Waals surface area (Å²) >= 11 is 6.08. The first-order chi connectivity index (χ1) is 16.5. The maximum atomic E-state index is 12.9. The molecule has 8 heteroatoms. The van der Waals surface area contributed by atoms with Crippen molar-refractivity contribution in [3.05, 3.63) is 82.9 Å². The van der Waals surface area contributed by atoms with Gasteiger partial charge in [-0.05, 0) is 77.7 Å². The van der Waals surface area contributed by atoms with Gasteiger partial charge in [0, 0.05) is 34.8 Å². The third kappa shape index (κ3) is 8.37. The van der Waals surface area contributed by atoms with Crippen molar-refractivity contribution in [1.82, 2.24) is 0 Å². The molecule has 3 aromatic rings. The quantitative estimate of drug-likeness (QED) is 0.271. The number of anilines is 1. The average molecular weight is 524 g/mol. The van der Waals surface area contributed by atoms with Crippen molar-refractivity contribution in [1.29, 1.82) is 0 Å². The largest absolute Gasteiger partial charge is 0.457 e. The molecule has 0 aliphatic carbocycles.